The quantitative estimate of drug-likeness (QED) is 0.803. The summed E-state index contributed by atoms with van der Waals surface area (Å²) < 4.78 is 13.2. The van der Waals surface area contributed by atoms with Crippen molar-refractivity contribution in [2.45, 2.75) is 52.5 Å². The van der Waals surface area contributed by atoms with Crippen molar-refractivity contribution in [2.75, 3.05) is 18.0 Å². The molecule has 28 heavy (non-hydrogen) atoms. The number of hydrogen-bond acceptors (Lipinski definition) is 3. The summed E-state index contributed by atoms with van der Waals surface area (Å²) in [7, 11) is 0. The molecule has 3 rings (SSSR count). The lowest BCUT2D eigenvalue weighted by molar-refractivity contribution is -0.137. The van der Waals surface area contributed by atoms with Gasteiger partial charge in [-0.2, -0.15) is 0 Å². The summed E-state index contributed by atoms with van der Waals surface area (Å²) in [6.45, 7) is 8.11. The second kappa shape index (κ2) is 7.18. The van der Waals surface area contributed by atoms with Crippen molar-refractivity contribution in [3.8, 4) is 0 Å². The molecule has 2 fully saturated rings. The number of rotatable bonds is 4. The fraction of sp³-hybridized carbons (Fsp3) is 0.571. The number of benzene rings is 1. The van der Waals surface area contributed by atoms with E-state index in [1.54, 1.807) is 6.92 Å². The van der Waals surface area contributed by atoms with Gasteiger partial charge in [0.05, 0.1) is 0 Å². The lowest BCUT2D eigenvalue weighted by Gasteiger charge is -2.43. The number of nitrogens with one attached hydrogen (secondary N) is 1. The van der Waals surface area contributed by atoms with Crippen molar-refractivity contribution in [3.63, 3.8) is 0 Å². The molecule has 1 saturated heterocycles. The maximum Gasteiger partial charge on any atom is 0.325 e. The zero-order valence-corrected chi connectivity index (χ0v) is 16.9. The van der Waals surface area contributed by atoms with Crippen LogP contribution in [0.15, 0.2) is 24.3 Å². The van der Waals surface area contributed by atoms with E-state index < -0.39 is 17.4 Å². The van der Waals surface area contributed by atoms with Gasteiger partial charge in [-0.25, -0.2) is 9.18 Å². The van der Waals surface area contributed by atoms with Crippen LogP contribution in [0.5, 0.6) is 0 Å². The molecule has 0 aromatic heterocycles. The molecular formula is C21H28FN3O3. The number of nitrogens with zero attached hydrogens (tertiary/aromatic N) is 2. The Balaban J connectivity index is 1.78. The molecule has 6 nitrogen and oxygen atoms in total. The number of imide groups is 1. The summed E-state index contributed by atoms with van der Waals surface area (Å²) >= 11 is 0. The van der Waals surface area contributed by atoms with Crippen molar-refractivity contribution < 1.29 is 18.8 Å². The fourth-order valence-corrected chi connectivity index (χ4v) is 4.99. The summed E-state index contributed by atoms with van der Waals surface area (Å²) in [5.74, 6) is -0.786. The number of likely N-dealkylation sites (N-methyl/N-ethyl adjacent to an activating group) is 1. The highest BCUT2D eigenvalue weighted by atomic mass is 19.1. The normalized spacial score (nSPS) is 26.5. The Morgan fingerprint density at radius 1 is 1.25 bits per heavy atom. The largest absolute Gasteiger partial charge is 0.325 e. The average molecular weight is 389 g/mol. The number of urea groups is 1. The molecule has 1 spiro atoms. The van der Waals surface area contributed by atoms with E-state index >= 15 is 0 Å². The summed E-state index contributed by atoms with van der Waals surface area (Å²) in [6.07, 6.45) is 2.14. The third kappa shape index (κ3) is 3.75. The lowest BCUT2D eigenvalue weighted by atomic mass is 9.64. The highest BCUT2D eigenvalue weighted by Crippen LogP contribution is 2.46. The zero-order valence-electron chi connectivity index (χ0n) is 16.9. The average Bonchev–Trinajstić information content (AvgIpc) is 2.79. The van der Waals surface area contributed by atoms with E-state index in [2.05, 4.69) is 26.1 Å². The fourth-order valence-electron chi connectivity index (χ4n) is 4.99. The van der Waals surface area contributed by atoms with E-state index in [9.17, 15) is 18.8 Å². The van der Waals surface area contributed by atoms with Crippen molar-refractivity contribution in [2.24, 2.45) is 11.3 Å². The van der Waals surface area contributed by atoms with E-state index in [0.717, 1.165) is 11.3 Å². The minimum atomic E-state index is -0.925. The minimum Gasteiger partial charge on any atom is -0.323 e. The van der Waals surface area contributed by atoms with Gasteiger partial charge in [-0.05, 0) is 61.8 Å². The Kier molecular flexibility index (Phi) is 5.21. The molecule has 2 unspecified atom stereocenters. The van der Waals surface area contributed by atoms with Crippen LogP contribution in [-0.2, 0) is 9.59 Å². The number of carbonyl (C=O) groups is 3. The topological polar surface area (TPSA) is 69.7 Å². The van der Waals surface area contributed by atoms with Crippen LogP contribution in [0, 0.1) is 17.2 Å². The second-order valence-corrected chi connectivity index (χ2v) is 8.87. The molecule has 1 aliphatic heterocycles. The third-order valence-electron chi connectivity index (χ3n) is 5.67. The van der Waals surface area contributed by atoms with Gasteiger partial charge in [0.25, 0.3) is 5.91 Å². The second-order valence-electron chi connectivity index (χ2n) is 8.87. The smallest absolute Gasteiger partial charge is 0.323 e. The molecule has 0 bridgehead atoms. The maximum atomic E-state index is 13.2. The Labute approximate surface area is 165 Å². The first kappa shape index (κ1) is 20.3. The van der Waals surface area contributed by atoms with Crippen LogP contribution >= 0.6 is 0 Å². The van der Waals surface area contributed by atoms with Crippen LogP contribution < -0.4 is 10.2 Å². The maximum absolute atomic E-state index is 13.2. The van der Waals surface area contributed by atoms with Gasteiger partial charge < -0.3 is 10.2 Å². The molecule has 7 heteroatoms. The number of halogens is 1. The van der Waals surface area contributed by atoms with Gasteiger partial charge in [-0.3, -0.25) is 14.5 Å². The van der Waals surface area contributed by atoms with E-state index in [0.29, 0.717) is 31.0 Å². The van der Waals surface area contributed by atoms with Gasteiger partial charge >= 0.3 is 6.03 Å². The number of carbonyl (C=O) groups excluding carboxylic acids is 3. The Hall–Kier alpha value is -2.44. The first-order chi connectivity index (χ1) is 13.1. The highest BCUT2D eigenvalue weighted by Gasteiger charge is 2.56. The van der Waals surface area contributed by atoms with Crippen molar-refractivity contribution in [1.29, 1.82) is 0 Å². The van der Waals surface area contributed by atoms with Crippen LogP contribution in [0.2, 0.25) is 0 Å². The van der Waals surface area contributed by atoms with Crippen molar-refractivity contribution in [1.82, 2.24) is 10.2 Å². The van der Waals surface area contributed by atoms with E-state index in [-0.39, 0.29) is 23.8 Å². The minimum absolute atomic E-state index is 0.0653. The van der Waals surface area contributed by atoms with Crippen LogP contribution in [0.1, 0.15) is 47.0 Å². The monoisotopic (exact) mass is 389 g/mol. The molecule has 1 aromatic rings. The summed E-state index contributed by atoms with van der Waals surface area (Å²) in [4.78, 5) is 41.1. The summed E-state index contributed by atoms with van der Waals surface area (Å²) in [6, 6.07) is 5.06. The highest BCUT2D eigenvalue weighted by molar-refractivity contribution is 6.10. The van der Waals surface area contributed by atoms with Gasteiger partial charge in [0, 0.05) is 12.2 Å². The zero-order chi connectivity index (χ0) is 20.7. The molecule has 0 radical (unpaired) electrons. The Morgan fingerprint density at radius 2 is 1.89 bits per heavy atom. The van der Waals surface area contributed by atoms with Gasteiger partial charge in [0.2, 0.25) is 5.91 Å². The summed E-state index contributed by atoms with van der Waals surface area (Å²) in [5.41, 5.74) is -0.460. The van der Waals surface area contributed by atoms with Crippen molar-refractivity contribution in [3.05, 3.63) is 30.1 Å². The first-order valence-corrected chi connectivity index (χ1v) is 9.77. The number of hydrogen-bond donors (Lipinski definition) is 1. The van der Waals surface area contributed by atoms with E-state index in [4.69, 9.17) is 0 Å². The molecule has 1 aliphatic carbocycles. The molecule has 4 amide bonds. The van der Waals surface area contributed by atoms with Gasteiger partial charge in [-0.1, -0.05) is 20.8 Å². The molecular weight excluding hydrogens is 361 g/mol. The van der Waals surface area contributed by atoms with E-state index in [1.165, 1.54) is 29.2 Å². The van der Waals surface area contributed by atoms with Crippen LogP contribution in [0.25, 0.3) is 0 Å². The Bertz CT molecular complexity index is 793. The van der Waals surface area contributed by atoms with Crippen LogP contribution in [0.3, 0.4) is 0 Å². The molecule has 2 aliphatic rings. The molecule has 1 saturated carbocycles. The van der Waals surface area contributed by atoms with E-state index in [1.807, 2.05) is 0 Å². The number of anilines is 1. The number of amides is 4. The summed E-state index contributed by atoms with van der Waals surface area (Å²) in [5, 5.41) is 2.88. The van der Waals surface area contributed by atoms with Gasteiger partial charge in [0.1, 0.15) is 17.9 Å². The first-order valence-electron chi connectivity index (χ1n) is 9.77. The van der Waals surface area contributed by atoms with Crippen molar-refractivity contribution >= 4 is 23.5 Å². The van der Waals surface area contributed by atoms with Gasteiger partial charge in [-0.15, -0.1) is 0 Å². The van der Waals surface area contributed by atoms with Crippen LogP contribution in [0.4, 0.5) is 14.9 Å². The third-order valence-corrected chi connectivity index (χ3v) is 5.67. The standard InChI is InChI=1S/C21H28FN3O3/c1-5-24(16-8-6-15(22)7-9-16)17(26)12-25-18(27)21(23-19(25)28)11-14(2)10-20(3,4)13-21/h6-9,14H,5,10-13H2,1-4H3,(H,23,28). The molecule has 1 heterocycles. The molecule has 152 valence electrons. The predicted molar refractivity (Wildman–Crippen MR) is 104 cm³/mol. The molecule has 1 aromatic carbocycles. The SMILES string of the molecule is CCN(C(=O)CN1C(=O)NC2(CC(C)CC(C)(C)C2)C1=O)c1ccc(F)cc1. The lowest BCUT2D eigenvalue weighted by Crippen LogP contribution is -2.54. The molecule has 1 N–H and O–H groups in total. The Morgan fingerprint density at radius 3 is 2.46 bits per heavy atom. The van der Waals surface area contributed by atoms with Crippen LogP contribution in [-0.4, -0.2) is 41.4 Å². The molecule has 2 atom stereocenters. The van der Waals surface area contributed by atoms with Gasteiger partial charge in [0.15, 0.2) is 0 Å². The predicted octanol–water partition coefficient (Wildman–Crippen LogP) is 3.32.